The molecule has 0 saturated carbocycles. The van der Waals surface area contributed by atoms with Crippen LogP contribution in [-0.4, -0.2) is 18.6 Å². The van der Waals surface area contributed by atoms with Crippen LogP contribution in [0.1, 0.15) is 64.4 Å². The Morgan fingerprint density at radius 2 is 1.95 bits per heavy atom. The van der Waals surface area contributed by atoms with Crippen LogP contribution in [0.25, 0.3) is 0 Å². The molecule has 1 saturated heterocycles. The highest BCUT2D eigenvalue weighted by molar-refractivity contribution is 5.53. The molecule has 0 amide bonds. The van der Waals surface area contributed by atoms with E-state index in [2.05, 4.69) is 55.7 Å². The normalized spacial score (nSPS) is 21.5. The molecule has 1 heterocycles. The highest BCUT2D eigenvalue weighted by Crippen LogP contribution is 2.25. The molecule has 112 valence electrons. The van der Waals surface area contributed by atoms with Crippen LogP contribution < -0.4 is 10.6 Å². The van der Waals surface area contributed by atoms with Gasteiger partial charge in [0.05, 0.1) is 0 Å². The van der Waals surface area contributed by atoms with Gasteiger partial charge in [0, 0.05) is 17.8 Å². The molecule has 2 unspecified atom stereocenters. The summed E-state index contributed by atoms with van der Waals surface area (Å²) in [7, 11) is 0. The summed E-state index contributed by atoms with van der Waals surface area (Å²) in [6, 6.07) is 9.93. The molecule has 1 fully saturated rings. The van der Waals surface area contributed by atoms with Gasteiger partial charge < -0.3 is 10.6 Å². The smallest absolute Gasteiger partial charge is 0.0377 e. The lowest BCUT2D eigenvalue weighted by atomic mass is 9.99. The Morgan fingerprint density at radius 3 is 2.75 bits per heavy atom. The standard InChI is InChI=1S/C18H30N2/c1-14(2)17-10-6-7-11-18(17)20-15(3)13-16-9-5-4-8-12-19-16/h6-7,10-11,14-16,19-20H,4-5,8-9,12-13H2,1-3H3. The van der Waals surface area contributed by atoms with E-state index in [9.17, 15) is 0 Å². The van der Waals surface area contributed by atoms with Crippen LogP contribution in [0.5, 0.6) is 0 Å². The minimum Gasteiger partial charge on any atom is -0.382 e. The molecule has 2 nitrogen and oxygen atoms in total. The maximum absolute atomic E-state index is 3.72. The van der Waals surface area contributed by atoms with Crippen molar-refractivity contribution < 1.29 is 0 Å². The van der Waals surface area contributed by atoms with Crippen LogP contribution >= 0.6 is 0 Å². The van der Waals surface area contributed by atoms with Crippen LogP contribution in [0, 0.1) is 0 Å². The Bertz CT molecular complexity index is 392. The molecule has 1 aliphatic rings. The summed E-state index contributed by atoms with van der Waals surface area (Å²) in [5, 5.41) is 7.42. The lowest BCUT2D eigenvalue weighted by Crippen LogP contribution is -2.33. The minimum absolute atomic E-state index is 0.519. The number of hydrogen-bond acceptors (Lipinski definition) is 2. The zero-order chi connectivity index (χ0) is 14.4. The minimum atomic E-state index is 0.519. The second-order valence-corrected chi connectivity index (χ2v) is 6.52. The summed E-state index contributed by atoms with van der Waals surface area (Å²) < 4.78 is 0. The third kappa shape index (κ3) is 4.52. The molecule has 0 radical (unpaired) electrons. The monoisotopic (exact) mass is 274 g/mol. The molecular weight excluding hydrogens is 244 g/mol. The zero-order valence-corrected chi connectivity index (χ0v) is 13.3. The molecule has 2 N–H and O–H groups in total. The van der Waals surface area contributed by atoms with E-state index in [0.29, 0.717) is 18.0 Å². The molecule has 1 aliphatic heterocycles. The second kappa shape index (κ2) is 7.68. The molecule has 2 rings (SSSR count). The van der Waals surface area contributed by atoms with Gasteiger partial charge in [-0.25, -0.2) is 0 Å². The molecule has 0 spiro atoms. The number of rotatable bonds is 5. The molecule has 0 aliphatic carbocycles. The van der Waals surface area contributed by atoms with E-state index >= 15 is 0 Å². The molecule has 2 heteroatoms. The van der Waals surface area contributed by atoms with Crippen molar-refractivity contribution >= 4 is 5.69 Å². The Hall–Kier alpha value is -1.02. The van der Waals surface area contributed by atoms with Crippen molar-refractivity contribution in [2.75, 3.05) is 11.9 Å². The maximum Gasteiger partial charge on any atom is 0.0377 e. The Kier molecular flexibility index (Phi) is 5.90. The average molecular weight is 274 g/mol. The molecular formula is C18H30N2. The van der Waals surface area contributed by atoms with Gasteiger partial charge >= 0.3 is 0 Å². The van der Waals surface area contributed by atoms with E-state index in [0.717, 1.165) is 0 Å². The highest BCUT2D eigenvalue weighted by atomic mass is 15.0. The quantitative estimate of drug-likeness (QED) is 0.824. The first-order valence-corrected chi connectivity index (χ1v) is 8.25. The van der Waals surface area contributed by atoms with Gasteiger partial charge in [-0.1, -0.05) is 44.9 Å². The zero-order valence-electron chi connectivity index (χ0n) is 13.3. The Morgan fingerprint density at radius 1 is 1.15 bits per heavy atom. The van der Waals surface area contributed by atoms with Gasteiger partial charge in [-0.3, -0.25) is 0 Å². The number of hydrogen-bond donors (Lipinski definition) is 2. The summed E-state index contributed by atoms with van der Waals surface area (Å²) >= 11 is 0. The third-order valence-corrected chi connectivity index (χ3v) is 4.29. The van der Waals surface area contributed by atoms with Gasteiger partial charge in [0.25, 0.3) is 0 Å². The molecule has 2 atom stereocenters. The average Bonchev–Trinajstić information content (AvgIpc) is 2.67. The van der Waals surface area contributed by atoms with Gasteiger partial charge in [-0.2, -0.15) is 0 Å². The molecule has 1 aromatic carbocycles. The summed E-state index contributed by atoms with van der Waals surface area (Å²) in [6.07, 6.45) is 6.66. The highest BCUT2D eigenvalue weighted by Gasteiger charge is 2.15. The van der Waals surface area contributed by atoms with Crippen LogP contribution in [0.3, 0.4) is 0 Å². The largest absolute Gasteiger partial charge is 0.382 e. The van der Waals surface area contributed by atoms with E-state index in [4.69, 9.17) is 0 Å². The Labute approximate surface area is 124 Å². The van der Waals surface area contributed by atoms with Gasteiger partial charge in [-0.15, -0.1) is 0 Å². The maximum atomic E-state index is 3.72. The predicted octanol–water partition coefficient (Wildman–Crippen LogP) is 4.53. The van der Waals surface area contributed by atoms with Crippen molar-refractivity contribution in [3.05, 3.63) is 29.8 Å². The molecule has 0 bridgehead atoms. The topological polar surface area (TPSA) is 24.1 Å². The van der Waals surface area contributed by atoms with E-state index in [1.807, 2.05) is 0 Å². The fourth-order valence-electron chi connectivity index (χ4n) is 3.19. The van der Waals surface area contributed by atoms with Gasteiger partial charge in [-0.05, 0) is 50.3 Å². The van der Waals surface area contributed by atoms with E-state index in [1.165, 1.54) is 49.9 Å². The summed E-state index contributed by atoms with van der Waals surface area (Å²) in [6.45, 7) is 8.03. The van der Waals surface area contributed by atoms with Crippen molar-refractivity contribution in [1.82, 2.24) is 5.32 Å². The lowest BCUT2D eigenvalue weighted by Gasteiger charge is -2.24. The van der Waals surface area contributed by atoms with Crippen molar-refractivity contribution in [3.8, 4) is 0 Å². The number of anilines is 1. The summed E-state index contributed by atoms with van der Waals surface area (Å²) in [4.78, 5) is 0. The number of nitrogens with one attached hydrogen (secondary N) is 2. The second-order valence-electron chi connectivity index (χ2n) is 6.52. The summed E-state index contributed by atoms with van der Waals surface area (Å²) in [5.41, 5.74) is 2.73. The van der Waals surface area contributed by atoms with Crippen molar-refractivity contribution in [3.63, 3.8) is 0 Å². The summed E-state index contributed by atoms with van der Waals surface area (Å²) in [5.74, 6) is 0.571. The van der Waals surface area contributed by atoms with E-state index in [1.54, 1.807) is 0 Å². The first kappa shape index (κ1) is 15.4. The first-order chi connectivity index (χ1) is 9.66. The first-order valence-electron chi connectivity index (χ1n) is 8.25. The van der Waals surface area contributed by atoms with Crippen LogP contribution in [-0.2, 0) is 0 Å². The number of benzene rings is 1. The van der Waals surface area contributed by atoms with Gasteiger partial charge in [0.1, 0.15) is 0 Å². The molecule has 1 aromatic rings. The van der Waals surface area contributed by atoms with E-state index in [-0.39, 0.29) is 0 Å². The van der Waals surface area contributed by atoms with Gasteiger partial charge in [0.2, 0.25) is 0 Å². The fourth-order valence-corrected chi connectivity index (χ4v) is 3.19. The van der Waals surface area contributed by atoms with Gasteiger partial charge in [0.15, 0.2) is 0 Å². The van der Waals surface area contributed by atoms with Crippen molar-refractivity contribution in [2.45, 2.75) is 70.9 Å². The molecule has 0 aromatic heterocycles. The van der Waals surface area contributed by atoms with E-state index < -0.39 is 0 Å². The Balaban J connectivity index is 1.92. The van der Waals surface area contributed by atoms with Crippen molar-refractivity contribution in [2.24, 2.45) is 0 Å². The molecule has 20 heavy (non-hydrogen) atoms. The third-order valence-electron chi connectivity index (χ3n) is 4.29. The predicted molar refractivity (Wildman–Crippen MR) is 88.5 cm³/mol. The van der Waals surface area contributed by atoms with Crippen LogP contribution in [0.4, 0.5) is 5.69 Å². The number of para-hydroxylation sites is 1. The fraction of sp³-hybridized carbons (Fsp3) is 0.667. The lowest BCUT2D eigenvalue weighted by molar-refractivity contribution is 0.456. The van der Waals surface area contributed by atoms with Crippen LogP contribution in [0.15, 0.2) is 24.3 Å². The van der Waals surface area contributed by atoms with Crippen LogP contribution in [0.2, 0.25) is 0 Å². The van der Waals surface area contributed by atoms with Crippen molar-refractivity contribution in [1.29, 1.82) is 0 Å². The SMILES string of the molecule is CC(CC1CCCCCN1)Nc1ccccc1C(C)C.